The molecule has 0 radical (unpaired) electrons. The van der Waals surface area contributed by atoms with Crippen molar-refractivity contribution in [2.75, 3.05) is 6.61 Å². The van der Waals surface area contributed by atoms with Gasteiger partial charge in [0.05, 0.1) is 18.8 Å². The maximum atomic E-state index is 12.5. The van der Waals surface area contributed by atoms with E-state index in [4.69, 9.17) is 0 Å². The fourth-order valence-corrected chi connectivity index (χ4v) is 7.25. The van der Waals surface area contributed by atoms with Crippen molar-refractivity contribution in [3.63, 3.8) is 0 Å². The second kappa shape index (κ2) is 41.8. The summed E-state index contributed by atoms with van der Waals surface area (Å²) in [5.41, 5.74) is 0. The van der Waals surface area contributed by atoms with Crippen molar-refractivity contribution < 1.29 is 20.1 Å². The SMILES string of the molecule is CCCCCCCCCCCC/C=C/C(O)C(CO)NC(=O)C(O)CCCCCCCCCCCCCCCCCCCCCCCCCCC. The summed E-state index contributed by atoms with van der Waals surface area (Å²) in [6.45, 7) is 4.19. The van der Waals surface area contributed by atoms with E-state index in [9.17, 15) is 20.1 Å². The molecule has 0 rings (SSSR count). The van der Waals surface area contributed by atoms with E-state index < -0.39 is 24.2 Å². The van der Waals surface area contributed by atoms with E-state index in [0.717, 1.165) is 32.1 Å². The molecule has 5 nitrogen and oxygen atoms in total. The molecule has 0 saturated carbocycles. The topological polar surface area (TPSA) is 89.8 Å². The second-order valence-corrected chi connectivity index (χ2v) is 16.0. The molecule has 0 spiro atoms. The Bertz CT molecular complexity index is 713. The van der Waals surface area contributed by atoms with Gasteiger partial charge in [-0.15, -0.1) is 0 Å². The van der Waals surface area contributed by atoms with Crippen LogP contribution in [0.4, 0.5) is 0 Å². The van der Waals surface area contributed by atoms with Crippen molar-refractivity contribution >= 4 is 5.91 Å². The zero-order valence-electron chi connectivity index (χ0n) is 34.5. The molecule has 0 heterocycles. The Labute approximate surface area is 319 Å². The summed E-state index contributed by atoms with van der Waals surface area (Å²) in [4.78, 5) is 12.5. The highest BCUT2D eigenvalue weighted by molar-refractivity contribution is 5.80. The fraction of sp³-hybridized carbons (Fsp3) is 0.935. The minimum absolute atomic E-state index is 0.359. The maximum absolute atomic E-state index is 12.5. The van der Waals surface area contributed by atoms with Gasteiger partial charge in [0.15, 0.2) is 0 Å². The molecule has 0 aromatic carbocycles. The summed E-state index contributed by atoms with van der Waals surface area (Å²) in [7, 11) is 0. The molecule has 0 aliphatic rings. The van der Waals surface area contributed by atoms with Crippen LogP contribution in [0.25, 0.3) is 0 Å². The van der Waals surface area contributed by atoms with Crippen molar-refractivity contribution in [1.29, 1.82) is 0 Å². The minimum atomic E-state index is -1.09. The van der Waals surface area contributed by atoms with Crippen LogP contribution in [0, 0.1) is 0 Å². The molecular weight excluding hydrogens is 631 g/mol. The third kappa shape index (κ3) is 37.2. The van der Waals surface area contributed by atoms with Gasteiger partial charge in [-0.1, -0.05) is 244 Å². The standard InChI is InChI=1S/C46H91NO4/c1-3-5-7-9-11-13-15-17-18-19-20-21-22-23-24-25-26-27-28-29-31-33-35-37-39-41-45(50)46(51)47-43(42-48)44(49)40-38-36-34-32-30-16-14-12-10-8-6-4-2/h38,40,43-45,48-50H,3-37,39,41-42H2,1-2H3,(H,47,51)/b40-38+. The largest absolute Gasteiger partial charge is 0.394 e. The van der Waals surface area contributed by atoms with Crippen molar-refractivity contribution in [3.05, 3.63) is 12.2 Å². The van der Waals surface area contributed by atoms with E-state index in [2.05, 4.69) is 19.2 Å². The number of amides is 1. The van der Waals surface area contributed by atoms with Gasteiger partial charge in [0.1, 0.15) is 6.10 Å². The maximum Gasteiger partial charge on any atom is 0.249 e. The zero-order valence-corrected chi connectivity index (χ0v) is 34.5. The Morgan fingerprint density at radius 3 is 1.08 bits per heavy atom. The quantitative estimate of drug-likeness (QED) is 0.0373. The summed E-state index contributed by atoms with van der Waals surface area (Å²) >= 11 is 0. The van der Waals surface area contributed by atoms with Crippen LogP contribution in [0.15, 0.2) is 12.2 Å². The van der Waals surface area contributed by atoms with Crippen LogP contribution in [-0.2, 0) is 4.79 Å². The lowest BCUT2D eigenvalue weighted by molar-refractivity contribution is -0.131. The highest BCUT2D eigenvalue weighted by Gasteiger charge is 2.22. The number of unbranched alkanes of at least 4 members (excludes halogenated alkanes) is 34. The number of aliphatic hydroxyl groups excluding tert-OH is 3. The summed E-state index contributed by atoms with van der Waals surface area (Å²) in [5.74, 6) is -0.500. The van der Waals surface area contributed by atoms with Gasteiger partial charge in [-0.2, -0.15) is 0 Å². The number of nitrogens with one attached hydrogen (secondary N) is 1. The van der Waals surface area contributed by atoms with Crippen LogP contribution in [0.5, 0.6) is 0 Å². The van der Waals surface area contributed by atoms with Gasteiger partial charge in [-0.05, 0) is 19.3 Å². The average Bonchev–Trinajstić information content (AvgIpc) is 3.13. The first kappa shape index (κ1) is 50.1. The van der Waals surface area contributed by atoms with Gasteiger partial charge in [0.2, 0.25) is 5.91 Å². The van der Waals surface area contributed by atoms with Crippen LogP contribution in [-0.4, -0.2) is 46.1 Å². The van der Waals surface area contributed by atoms with E-state index in [-0.39, 0.29) is 6.61 Å². The first-order valence-corrected chi connectivity index (χ1v) is 23.0. The van der Waals surface area contributed by atoms with E-state index in [1.54, 1.807) is 6.08 Å². The molecule has 0 fully saturated rings. The Morgan fingerprint density at radius 2 is 0.765 bits per heavy atom. The number of aliphatic hydroxyl groups is 3. The van der Waals surface area contributed by atoms with E-state index >= 15 is 0 Å². The summed E-state index contributed by atoms with van der Waals surface area (Å²) < 4.78 is 0. The van der Waals surface area contributed by atoms with E-state index in [0.29, 0.717) is 6.42 Å². The lowest BCUT2D eigenvalue weighted by atomic mass is 10.0. The third-order valence-corrected chi connectivity index (χ3v) is 10.9. The van der Waals surface area contributed by atoms with Crippen LogP contribution < -0.4 is 5.32 Å². The normalized spacial score (nSPS) is 13.6. The highest BCUT2D eigenvalue weighted by Crippen LogP contribution is 2.17. The molecule has 304 valence electrons. The van der Waals surface area contributed by atoms with Crippen LogP contribution in [0.3, 0.4) is 0 Å². The minimum Gasteiger partial charge on any atom is -0.394 e. The number of carbonyl (C=O) groups excluding carboxylic acids is 1. The molecule has 0 aliphatic carbocycles. The molecule has 4 N–H and O–H groups in total. The Hall–Kier alpha value is -0.910. The Balaban J connectivity index is 3.55. The van der Waals surface area contributed by atoms with Crippen molar-refractivity contribution in [2.24, 2.45) is 0 Å². The number of rotatable bonds is 42. The second-order valence-electron chi connectivity index (χ2n) is 16.0. The molecule has 0 saturated heterocycles. The molecule has 0 aromatic heterocycles. The van der Waals surface area contributed by atoms with Gasteiger partial charge in [0.25, 0.3) is 0 Å². The van der Waals surface area contributed by atoms with Gasteiger partial charge < -0.3 is 20.6 Å². The number of hydrogen-bond acceptors (Lipinski definition) is 4. The first-order chi connectivity index (χ1) is 25.1. The van der Waals surface area contributed by atoms with Crippen LogP contribution in [0.2, 0.25) is 0 Å². The van der Waals surface area contributed by atoms with Gasteiger partial charge >= 0.3 is 0 Å². The summed E-state index contributed by atoms with van der Waals surface area (Å²) in [5, 5.41) is 33.1. The molecule has 51 heavy (non-hydrogen) atoms. The molecule has 3 unspecified atom stereocenters. The fourth-order valence-electron chi connectivity index (χ4n) is 7.25. The molecule has 0 aromatic rings. The van der Waals surface area contributed by atoms with E-state index in [1.807, 2.05) is 6.08 Å². The Kier molecular flexibility index (Phi) is 41.1. The Morgan fingerprint density at radius 1 is 0.471 bits per heavy atom. The number of hydrogen-bond donors (Lipinski definition) is 4. The van der Waals surface area contributed by atoms with Gasteiger partial charge in [-0.3, -0.25) is 4.79 Å². The van der Waals surface area contributed by atoms with Crippen molar-refractivity contribution in [1.82, 2.24) is 5.32 Å². The van der Waals surface area contributed by atoms with Crippen molar-refractivity contribution in [3.8, 4) is 0 Å². The highest BCUT2D eigenvalue weighted by atomic mass is 16.3. The summed E-state index contributed by atoms with van der Waals surface area (Å²) in [6.07, 6.45) is 49.7. The lowest BCUT2D eigenvalue weighted by Gasteiger charge is -2.21. The average molecular weight is 722 g/mol. The van der Waals surface area contributed by atoms with Gasteiger partial charge in [0, 0.05) is 0 Å². The molecule has 5 heteroatoms. The number of allylic oxidation sites excluding steroid dienone is 1. The van der Waals surface area contributed by atoms with E-state index in [1.165, 1.54) is 199 Å². The predicted molar refractivity (Wildman–Crippen MR) is 222 cm³/mol. The zero-order chi connectivity index (χ0) is 37.3. The molecule has 0 bridgehead atoms. The van der Waals surface area contributed by atoms with Crippen LogP contribution >= 0.6 is 0 Å². The van der Waals surface area contributed by atoms with Crippen molar-refractivity contribution in [2.45, 2.75) is 270 Å². The predicted octanol–water partition coefficient (Wildman–Crippen LogP) is 13.2. The summed E-state index contributed by atoms with van der Waals surface area (Å²) in [6, 6.07) is -0.792. The lowest BCUT2D eigenvalue weighted by Crippen LogP contribution is -2.48. The number of carbonyl (C=O) groups is 1. The molecular formula is C46H91NO4. The van der Waals surface area contributed by atoms with Crippen LogP contribution in [0.1, 0.15) is 251 Å². The van der Waals surface area contributed by atoms with Gasteiger partial charge in [-0.25, -0.2) is 0 Å². The monoisotopic (exact) mass is 722 g/mol. The smallest absolute Gasteiger partial charge is 0.249 e. The molecule has 3 atom stereocenters. The molecule has 1 amide bonds. The molecule has 0 aliphatic heterocycles. The first-order valence-electron chi connectivity index (χ1n) is 23.0. The third-order valence-electron chi connectivity index (χ3n) is 10.9.